The average molecular weight is 292 g/mol. The van der Waals surface area contributed by atoms with Gasteiger partial charge >= 0.3 is 11.9 Å². The Hall–Kier alpha value is -2.49. The summed E-state index contributed by atoms with van der Waals surface area (Å²) in [5, 5.41) is 9.37. The number of nitrogens with zero attached hydrogens (tertiary/aromatic N) is 2. The number of hydrogen-bond donors (Lipinski definition) is 0. The zero-order chi connectivity index (χ0) is 15.4. The van der Waals surface area contributed by atoms with Crippen molar-refractivity contribution in [3.8, 4) is 6.07 Å². The van der Waals surface area contributed by atoms with Crippen LogP contribution in [0.1, 0.15) is 12.8 Å². The van der Waals surface area contributed by atoms with Crippen LogP contribution in [0, 0.1) is 11.3 Å². The summed E-state index contributed by atoms with van der Waals surface area (Å²) in [5.41, 5.74) is 0.131. The van der Waals surface area contributed by atoms with Gasteiger partial charge in [-0.2, -0.15) is 5.26 Å². The van der Waals surface area contributed by atoms with Crippen LogP contribution in [0.25, 0.3) is 0 Å². The molecule has 0 aromatic carbocycles. The van der Waals surface area contributed by atoms with Crippen molar-refractivity contribution in [1.29, 1.82) is 5.26 Å². The van der Waals surface area contributed by atoms with Gasteiger partial charge in [0.25, 0.3) is 0 Å². The Morgan fingerprint density at radius 1 is 1.19 bits per heavy atom. The van der Waals surface area contributed by atoms with E-state index in [1.165, 1.54) is 14.2 Å². The van der Waals surface area contributed by atoms with E-state index in [0.717, 1.165) is 25.9 Å². The van der Waals surface area contributed by atoms with E-state index >= 15 is 0 Å². The first kappa shape index (κ1) is 14.9. The Morgan fingerprint density at radius 2 is 1.76 bits per heavy atom. The Morgan fingerprint density at radius 3 is 2.24 bits per heavy atom. The molecular formula is C14H16N2O5. The van der Waals surface area contributed by atoms with Gasteiger partial charge in [0.05, 0.1) is 14.2 Å². The summed E-state index contributed by atoms with van der Waals surface area (Å²) in [6, 6.07) is 2.02. The first-order valence-corrected chi connectivity index (χ1v) is 6.56. The van der Waals surface area contributed by atoms with Crippen LogP contribution in [-0.2, 0) is 23.8 Å². The molecule has 0 atom stereocenters. The zero-order valence-electron chi connectivity index (χ0n) is 12.0. The molecule has 2 aliphatic rings. The summed E-state index contributed by atoms with van der Waals surface area (Å²) >= 11 is 0. The molecule has 0 spiro atoms. The zero-order valence-corrected chi connectivity index (χ0v) is 12.0. The Bertz CT molecular complexity index is 546. The van der Waals surface area contributed by atoms with Gasteiger partial charge in [-0.05, 0) is 12.8 Å². The van der Waals surface area contributed by atoms with Gasteiger partial charge in [0.15, 0.2) is 5.57 Å². The normalized spacial score (nSPS) is 17.4. The molecule has 0 aliphatic carbocycles. The summed E-state index contributed by atoms with van der Waals surface area (Å²) in [4.78, 5) is 25.6. The second-order valence-corrected chi connectivity index (χ2v) is 4.61. The highest BCUT2D eigenvalue weighted by Gasteiger charge is 2.35. The van der Waals surface area contributed by atoms with Gasteiger partial charge in [-0.3, -0.25) is 0 Å². The van der Waals surface area contributed by atoms with Crippen molar-refractivity contribution in [1.82, 2.24) is 4.90 Å². The van der Waals surface area contributed by atoms with E-state index in [4.69, 9.17) is 4.74 Å². The maximum Gasteiger partial charge on any atom is 0.345 e. The second kappa shape index (κ2) is 6.31. The highest BCUT2D eigenvalue weighted by Crippen LogP contribution is 2.31. The standard InChI is InChI=1S/C14H16N2O5/c1-19-13(17)11(14(18)20-2)10-8-21-12(9(10)7-15)16-5-3-4-6-16/h3-6,8H2,1-2H3. The minimum Gasteiger partial charge on any atom is -0.473 e. The van der Waals surface area contributed by atoms with E-state index in [9.17, 15) is 14.9 Å². The lowest BCUT2D eigenvalue weighted by molar-refractivity contribution is -0.144. The van der Waals surface area contributed by atoms with Crippen LogP contribution in [0.3, 0.4) is 0 Å². The van der Waals surface area contributed by atoms with Crippen LogP contribution in [0.4, 0.5) is 0 Å². The number of likely N-dealkylation sites (tertiary alicyclic amines) is 1. The van der Waals surface area contributed by atoms with E-state index in [1.54, 1.807) is 0 Å². The Balaban J connectivity index is 2.50. The van der Waals surface area contributed by atoms with Crippen molar-refractivity contribution in [3.63, 3.8) is 0 Å². The number of esters is 2. The van der Waals surface area contributed by atoms with E-state index in [-0.39, 0.29) is 23.3 Å². The molecule has 0 radical (unpaired) electrons. The predicted molar refractivity (Wildman–Crippen MR) is 70.5 cm³/mol. The summed E-state index contributed by atoms with van der Waals surface area (Å²) in [5.74, 6) is -1.25. The molecule has 7 nitrogen and oxygen atoms in total. The third-order valence-electron chi connectivity index (χ3n) is 3.45. The molecule has 21 heavy (non-hydrogen) atoms. The quantitative estimate of drug-likeness (QED) is 0.324. The van der Waals surface area contributed by atoms with Gasteiger partial charge in [0, 0.05) is 18.7 Å². The molecule has 2 heterocycles. The molecule has 7 heteroatoms. The van der Waals surface area contributed by atoms with Gasteiger partial charge in [0.1, 0.15) is 18.2 Å². The molecule has 112 valence electrons. The van der Waals surface area contributed by atoms with Gasteiger partial charge in [0.2, 0.25) is 5.88 Å². The van der Waals surface area contributed by atoms with Crippen molar-refractivity contribution in [2.24, 2.45) is 0 Å². The number of nitriles is 1. The van der Waals surface area contributed by atoms with Crippen molar-refractivity contribution in [2.45, 2.75) is 12.8 Å². The van der Waals surface area contributed by atoms with Crippen molar-refractivity contribution in [3.05, 3.63) is 22.6 Å². The minimum atomic E-state index is -0.837. The van der Waals surface area contributed by atoms with E-state index in [1.807, 2.05) is 11.0 Å². The molecule has 0 aromatic rings. The number of carbonyl (C=O) groups is 2. The van der Waals surface area contributed by atoms with Crippen molar-refractivity contribution >= 4 is 11.9 Å². The molecule has 2 aliphatic heterocycles. The van der Waals surface area contributed by atoms with Crippen LogP contribution in [0.2, 0.25) is 0 Å². The number of hydrogen-bond acceptors (Lipinski definition) is 7. The SMILES string of the molecule is COC(=O)C(C(=O)OC)=C1COC(N2CCCC2)=C1C#N. The lowest BCUT2D eigenvalue weighted by Crippen LogP contribution is -2.20. The van der Waals surface area contributed by atoms with Gasteiger partial charge in [-0.15, -0.1) is 0 Å². The van der Waals surface area contributed by atoms with E-state index in [2.05, 4.69) is 9.47 Å². The third-order valence-corrected chi connectivity index (χ3v) is 3.45. The van der Waals surface area contributed by atoms with Crippen molar-refractivity contribution < 1.29 is 23.8 Å². The molecular weight excluding hydrogens is 276 g/mol. The molecule has 0 amide bonds. The largest absolute Gasteiger partial charge is 0.473 e. The molecule has 1 saturated heterocycles. The minimum absolute atomic E-state index is 0.0196. The van der Waals surface area contributed by atoms with Crippen LogP contribution in [0.5, 0.6) is 0 Å². The Labute approximate surface area is 122 Å². The first-order chi connectivity index (χ1) is 10.1. The van der Waals surface area contributed by atoms with Crippen LogP contribution < -0.4 is 0 Å². The maximum absolute atomic E-state index is 11.8. The first-order valence-electron chi connectivity index (χ1n) is 6.56. The van der Waals surface area contributed by atoms with Gasteiger partial charge < -0.3 is 19.1 Å². The van der Waals surface area contributed by atoms with E-state index < -0.39 is 11.9 Å². The Kier molecular flexibility index (Phi) is 4.48. The fourth-order valence-electron chi connectivity index (χ4n) is 2.43. The average Bonchev–Trinajstić information content (AvgIpc) is 3.15. The predicted octanol–water partition coefficient (Wildman–Crippen LogP) is 0.490. The molecule has 1 fully saturated rings. The molecule has 0 unspecified atom stereocenters. The number of ether oxygens (including phenoxy) is 3. The molecule has 0 aromatic heterocycles. The van der Waals surface area contributed by atoms with Crippen LogP contribution in [0.15, 0.2) is 22.6 Å². The summed E-state index contributed by atoms with van der Waals surface area (Å²) in [6.07, 6.45) is 2.04. The fourth-order valence-corrected chi connectivity index (χ4v) is 2.43. The summed E-state index contributed by atoms with van der Waals surface area (Å²) < 4.78 is 14.7. The summed E-state index contributed by atoms with van der Waals surface area (Å²) in [6.45, 7) is 1.56. The summed E-state index contributed by atoms with van der Waals surface area (Å²) in [7, 11) is 2.33. The lowest BCUT2D eigenvalue weighted by Gasteiger charge is -2.17. The molecule has 0 bridgehead atoms. The number of methoxy groups -OCH3 is 2. The maximum atomic E-state index is 11.8. The number of carbonyl (C=O) groups excluding carboxylic acids is 2. The van der Waals surface area contributed by atoms with Crippen LogP contribution in [-0.4, -0.2) is 50.8 Å². The smallest absolute Gasteiger partial charge is 0.345 e. The van der Waals surface area contributed by atoms with Crippen LogP contribution >= 0.6 is 0 Å². The fraction of sp³-hybridized carbons (Fsp3) is 0.500. The van der Waals surface area contributed by atoms with Crippen molar-refractivity contribution in [2.75, 3.05) is 33.9 Å². The topological polar surface area (TPSA) is 88.9 Å². The van der Waals surface area contributed by atoms with Gasteiger partial charge in [-0.1, -0.05) is 0 Å². The molecule has 0 N–H and O–H groups in total. The number of rotatable bonds is 3. The highest BCUT2D eigenvalue weighted by atomic mass is 16.5. The van der Waals surface area contributed by atoms with Gasteiger partial charge in [-0.25, -0.2) is 9.59 Å². The third kappa shape index (κ3) is 2.70. The second-order valence-electron chi connectivity index (χ2n) is 4.61. The molecule has 0 saturated carbocycles. The monoisotopic (exact) mass is 292 g/mol. The van der Waals surface area contributed by atoms with E-state index in [0.29, 0.717) is 5.88 Å². The molecule has 2 rings (SSSR count). The lowest BCUT2D eigenvalue weighted by atomic mass is 10.0. The highest BCUT2D eigenvalue weighted by molar-refractivity contribution is 6.15.